The lowest BCUT2D eigenvalue weighted by Gasteiger charge is -2.33. The molecule has 3 N–H and O–H groups in total. The van der Waals surface area contributed by atoms with Crippen molar-refractivity contribution in [1.29, 1.82) is 0 Å². The lowest BCUT2D eigenvalue weighted by atomic mass is 9.93. The Morgan fingerprint density at radius 2 is 2.19 bits per heavy atom. The van der Waals surface area contributed by atoms with Crippen molar-refractivity contribution in [3.63, 3.8) is 0 Å². The summed E-state index contributed by atoms with van der Waals surface area (Å²) in [6.07, 6.45) is 4.37. The van der Waals surface area contributed by atoms with E-state index in [9.17, 15) is 4.79 Å². The molecule has 0 saturated heterocycles. The van der Waals surface area contributed by atoms with E-state index in [1.807, 2.05) is 18.5 Å². The van der Waals surface area contributed by atoms with Crippen LogP contribution in [0.5, 0.6) is 0 Å². The molecular weight excluding hydrogens is 288 g/mol. The number of nitrogens with zero attached hydrogens (tertiary/aromatic N) is 4. The second kappa shape index (κ2) is 5.57. The molecule has 0 bridgehead atoms. The summed E-state index contributed by atoms with van der Waals surface area (Å²) < 4.78 is 1.87. The van der Waals surface area contributed by atoms with E-state index in [0.717, 1.165) is 30.8 Å². The van der Waals surface area contributed by atoms with E-state index in [2.05, 4.69) is 20.8 Å². The Labute approximate surface area is 128 Å². The summed E-state index contributed by atoms with van der Waals surface area (Å²) in [4.78, 5) is 12.1. The third-order valence-corrected chi connectivity index (χ3v) is 5.17. The van der Waals surface area contributed by atoms with E-state index in [0.29, 0.717) is 17.7 Å². The van der Waals surface area contributed by atoms with Gasteiger partial charge in [0.2, 0.25) is 11.1 Å². The molecule has 2 saturated carbocycles. The van der Waals surface area contributed by atoms with Gasteiger partial charge in [-0.3, -0.25) is 4.79 Å². The van der Waals surface area contributed by atoms with Crippen LogP contribution in [0, 0.1) is 5.92 Å². The fourth-order valence-electron chi connectivity index (χ4n) is 2.72. The predicted molar refractivity (Wildman–Crippen MR) is 79.7 cm³/mol. The van der Waals surface area contributed by atoms with Gasteiger partial charge < -0.3 is 11.1 Å². The number of nitrogens with one attached hydrogen (secondary N) is 1. The van der Waals surface area contributed by atoms with E-state index >= 15 is 0 Å². The van der Waals surface area contributed by atoms with Crippen molar-refractivity contribution in [2.75, 3.05) is 5.75 Å². The van der Waals surface area contributed by atoms with Crippen LogP contribution in [0.1, 0.15) is 45.6 Å². The van der Waals surface area contributed by atoms with Gasteiger partial charge in [-0.2, -0.15) is 0 Å². The van der Waals surface area contributed by atoms with Crippen molar-refractivity contribution in [2.24, 2.45) is 11.7 Å². The fourth-order valence-corrected chi connectivity index (χ4v) is 3.95. The molecule has 1 amide bonds. The zero-order valence-corrected chi connectivity index (χ0v) is 13.3. The van der Waals surface area contributed by atoms with Crippen LogP contribution >= 0.6 is 11.8 Å². The van der Waals surface area contributed by atoms with Gasteiger partial charge in [-0.25, -0.2) is 4.68 Å². The maximum absolute atomic E-state index is 12.1. The molecule has 1 unspecified atom stereocenters. The van der Waals surface area contributed by atoms with Gasteiger partial charge >= 0.3 is 0 Å². The van der Waals surface area contributed by atoms with Gasteiger partial charge in [-0.05, 0) is 55.9 Å². The number of carbonyl (C=O) groups is 1. The van der Waals surface area contributed by atoms with Crippen molar-refractivity contribution >= 4 is 17.7 Å². The van der Waals surface area contributed by atoms with Gasteiger partial charge in [0.15, 0.2) is 0 Å². The standard InChI is InChI=1S/C13H22N6OS/c1-8(2)15-13(11(14)20,9-3-4-9)7-21-12-16-17-18-19(12)10-5-6-10/h8-10,15H,3-7H2,1-2H3,(H2,14,20). The van der Waals surface area contributed by atoms with Crippen LogP contribution in [0.25, 0.3) is 0 Å². The second-order valence-electron chi connectivity index (χ2n) is 6.33. The van der Waals surface area contributed by atoms with Gasteiger partial charge in [0, 0.05) is 11.8 Å². The van der Waals surface area contributed by atoms with E-state index in [4.69, 9.17) is 5.73 Å². The van der Waals surface area contributed by atoms with E-state index in [1.54, 1.807) is 0 Å². The summed E-state index contributed by atoms with van der Waals surface area (Å²) in [5.74, 6) is 0.643. The second-order valence-corrected chi connectivity index (χ2v) is 7.28. The van der Waals surface area contributed by atoms with Crippen molar-refractivity contribution in [3.8, 4) is 0 Å². The van der Waals surface area contributed by atoms with Crippen LogP contribution in [0.15, 0.2) is 5.16 Å². The van der Waals surface area contributed by atoms with Gasteiger partial charge in [-0.1, -0.05) is 11.8 Å². The van der Waals surface area contributed by atoms with Crippen LogP contribution in [0.2, 0.25) is 0 Å². The molecule has 2 aliphatic rings. The normalized spacial score (nSPS) is 21.5. The van der Waals surface area contributed by atoms with Gasteiger partial charge in [-0.15, -0.1) is 5.10 Å². The number of primary amides is 1. The molecule has 3 rings (SSSR count). The minimum absolute atomic E-state index is 0.207. The van der Waals surface area contributed by atoms with Crippen LogP contribution in [-0.4, -0.2) is 43.4 Å². The maximum atomic E-state index is 12.1. The molecule has 116 valence electrons. The average Bonchev–Trinajstić information content (AvgIpc) is 3.32. The Balaban J connectivity index is 1.74. The lowest BCUT2D eigenvalue weighted by molar-refractivity contribution is -0.124. The first-order chi connectivity index (χ1) is 10.0. The molecule has 0 aromatic carbocycles. The van der Waals surface area contributed by atoms with Gasteiger partial charge in [0.1, 0.15) is 5.54 Å². The number of aromatic nitrogens is 4. The van der Waals surface area contributed by atoms with Crippen molar-refractivity contribution in [2.45, 2.75) is 62.3 Å². The zero-order chi connectivity index (χ0) is 15.0. The number of hydrogen-bond donors (Lipinski definition) is 2. The Kier molecular flexibility index (Phi) is 3.92. The molecule has 8 heteroatoms. The molecule has 1 aromatic rings. The highest BCUT2D eigenvalue weighted by Crippen LogP contribution is 2.43. The van der Waals surface area contributed by atoms with Crippen LogP contribution in [0.4, 0.5) is 0 Å². The number of thioether (sulfide) groups is 1. The zero-order valence-electron chi connectivity index (χ0n) is 12.5. The molecule has 1 heterocycles. The highest BCUT2D eigenvalue weighted by molar-refractivity contribution is 7.99. The first kappa shape index (κ1) is 14.8. The topological polar surface area (TPSA) is 98.7 Å². The summed E-state index contributed by atoms with van der Waals surface area (Å²) in [6.45, 7) is 4.08. The first-order valence-electron chi connectivity index (χ1n) is 7.51. The third kappa shape index (κ3) is 3.06. The van der Waals surface area contributed by atoms with Gasteiger partial charge in [0.05, 0.1) is 6.04 Å². The monoisotopic (exact) mass is 310 g/mol. The molecular formula is C13H22N6OS. The molecule has 0 aliphatic heterocycles. The molecule has 21 heavy (non-hydrogen) atoms. The first-order valence-corrected chi connectivity index (χ1v) is 8.50. The van der Waals surface area contributed by atoms with E-state index < -0.39 is 5.54 Å². The SMILES string of the molecule is CC(C)NC(CSc1nnnn1C1CC1)(C(N)=O)C1CC1. The summed E-state index contributed by atoms with van der Waals surface area (Å²) in [5.41, 5.74) is 5.08. The number of amides is 1. The average molecular weight is 310 g/mol. The largest absolute Gasteiger partial charge is 0.368 e. The lowest BCUT2D eigenvalue weighted by Crippen LogP contribution is -2.61. The summed E-state index contributed by atoms with van der Waals surface area (Å²) in [6, 6.07) is 0.641. The number of nitrogens with two attached hydrogens (primary N) is 1. The maximum Gasteiger partial charge on any atom is 0.238 e. The number of hydrogen-bond acceptors (Lipinski definition) is 6. The molecule has 1 aromatic heterocycles. The molecule has 1 atom stereocenters. The predicted octanol–water partition coefficient (Wildman–Crippen LogP) is 0.732. The molecule has 0 spiro atoms. The smallest absolute Gasteiger partial charge is 0.238 e. The highest BCUT2D eigenvalue weighted by Gasteiger charge is 2.50. The summed E-state index contributed by atoms with van der Waals surface area (Å²) in [5, 5.41) is 16.1. The number of rotatable bonds is 8. The van der Waals surface area contributed by atoms with Crippen molar-refractivity contribution in [3.05, 3.63) is 0 Å². The summed E-state index contributed by atoms with van der Waals surface area (Å²) >= 11 is 1.53. The Bertz CT molecular complexity index is 524. The van der Waals surface area contributed by atoms with Crippen molar-refractivity contribution < 1.29 is 4.79 Å². The minimum atomic E-state index is -0.654. The Hall–Kier alpha value is -1.15. The van der Waals surface area contributed by atoms with E-state index in [1.165, 1.54) is 11.8 Å². The van der Waals surface area contributed by atoms with E-state index in [-0.39, 0.29) is 11.9 Å². The number of tetrazole rings is 1. The third-order valence-electron chi connectivity index (χ3n) is 4.04. The van der Waals surface area contributed by atoms with Crippen LogP contribution in [0.3, 0.4) is 0 Å². The Morgan fingerprint density at radius 3 is 2.71 bits per heavy atom. The van der Waals surface area contributed by atoms with Gasteiger partial charge in [0.25, 0.3) is 0 Å². The molecule has 2 aliphatic carbocycles. The van der Waals surface area contributed by atoms with Crippen LogP contribution in [-0.2, 0) is 4.79 Å². The highest BCUT2D eigenvalue weighted by atomic mass is 32.2. The molecule has 0 radical (unpaired) electrons. The Morgan fingerprint density at radius 1 is 1.48 bits per heavy atom. The molecule has 7 nitrogen and oxygen atoms in total. The quantitative estimate of drug-likeness (QED) is 0.687. The molecule has 2 fully saturated rings. The van der Waals surface area contributed by atoms with Crippen molar-refractivity contribution in [1.82, 2.24) is 25.5 Å². The minimum Gasteiger partial charge on any atom is -0.368 e. The summed E-state index contributed by atoms with van der Waals surface area (Å²) in [7, 11) is 0. The van der Waals surface area contributed by atoms with Crippen LogP contribution < -0.4 is 11.1 Å². The number of carbonyl (C=O) groups excluding carboxylic acids is 1. The fraction of sp³-hybridized carbons (Fsp3) is 0.846.